The van der Waals surface area contributed by atoms with E-state index < -0.39 is 50.1 Å². The first-order chi connectivity index (χ1) is 9.20. The van der Waals surface area contributed by atoms with Gasteiger partial charge in [-0.25, -0.2) is 0 Å². The molecule has 0 aromatic rings. The first kappa shape index (κ1) is 26.7. The van der Waals surface area contributed by atoms with Crippen LogP contribution in [0.15, 0.2) is 0 Å². The smallest absolute Gasteiger partial charge is 0.480 e. The predicted molar refractivity (Wildman–Crippen MR) is 63.4 cm³/mol. The summed E-state index contributed by atoms with van der Waals surface area (Å²) in [7, 11) is 0. The monoisotopic (exact) mass is 338 g/mol. The Morgan fingerprint density at radius 1 is 0.545 bits per heavy atom. The van der Waals surface area contributed by atoms with Crippen LogP contribution in [0.2, 0.25) is 0 Å². The molecule has 0 bridgehead atoms. The summed E-state index contributed by atoms with van der Waals surface area (Å²) in [5.74, 6) is -4.91. The second kappa shape index (κ2) is 14.4. The molecule has 22 heavy (non-hydrogen) atoms. The van der Waals surface area contributed by atoms with Crippen LogP contribution in [-0.4, -0.2) is 93.4 Å². The predicted octanol–water partition coefficient (Wildman–Crippen LogP) is -8.06. The topological polar surface area (TPSA) is 156 Å². The van der Waals surface area contributed by atoms with Gasteiger partial charge in [-0.1, -0.05) is 0 Å². The minimum atomic E-state index is -1.23. The summed E-state index contributed by atoms with van der Waals surface area (Å²) >= 11 is 0. The fraction of sp³-hybridized carbons (Fsp3) is 0.600. The van der Waals surface area contributed by atoms with Crippen LogP contribution in [-0.2, 0) is 19.2 Å². The normalized spacial score (nSPS) is 9.73. The van der Waals surface area contributed by atoms with Crippen molar-refractivity contribution < 1.29 is 98.7 Å². The van der Waals surface area contributed by atoms with E-state index in [0.717, 1.165) is 9.80 Å². The third-order valence-electron chi connectivity index (χ3n) is 2.17. The van der Waals surface area contributed by atoms with E-state index in [4.69, 9.17) is 20.4 Å². The van der Waals surface area contributed by atoms with Crippen molar-refractivity contribution in [1.82, 2.24) is 9.80 Å². The fourth-order valence-corrected chi connectivity index (χ4v) is 1.48. The summed E-state index contributed by atoms with van der Waals surface area (Å²) < 4.78 is 0. The van der Waals surface area contributed by atoms with Gasteiger partial charge >= 0.3 is 83.0 Å². The molecular weight excluding hydrogens is 322 g/mol. The third kappa shape index (κ3) is 16.2. The van der Waals surface area contributed by atoms with Crippen molar-refractivity contribution in [2.24, 2.45) is 0 Å². The molecule has 0 saturated carbocycles. The summed E-state index contributed by atoms with van der Waals surface area (Å²) in [6, 6.07) is 0. The number of rotatable bonds is 11. The number of carboxylic acids is 4. The SMILES string of the molecule is O=C(O)CN(CCN(CC(=O)O)CC(=O)O)CC(=O)O.[Na+].[Na+]. The number of hydrogen-bond acceptors (Lipinski definition) is 6. The van der Waals surface area contributed by atoms with Gasteiger partial charge in [-0.3, -0.25) is 29.0 Å². The quantitative estimate of drug-likeness (QED) is 0.267. The van der Waals surface area contributed by atoms with Gasteiger partial charge in [0.2, 0.25) is 0 Å². The second-order valence-corrected chi connectivity index (χ2v) is 4.00. The van der Waals surface area contributed by atoms with Crippen molar-refractivity contribution >= 4 is 23.9 Å². The molecule has 0 saturated heterocycles. The summed E-state index contributed by atoms with van der Waals surface area (Å²) in [6.07, 6.45) is 0. The number of carboxylic acid groups (broad SMARTS) is 4. The van der Waals surface area contributed by atoms with Crippen molar-refractivity contribution in [3.05, 3.63) is 0 Å². The van der Waals surface area contributed by atoms with E-state index in [1.54, 1.807) is 0 Å². The Labute approximate surface area is 170 Å². The Kier molecular flexibility index (Phi) is 17.5. The van der Waals surface area contributed by atoms with Crippen LogP contribution in [0.3, 0.4) is 0 Å². The number of nitrogens with zero attached hydrogens (tertiary/aromatic N) is 2. The second-order valence-electron chi connectivity index (χ2n) is 4.00. The Morgan fingerprint density at radius 3 is 0.864 bits per heavy atom. The van der Waals surface area contributed by atoms with Gasteiger partial charge in [-0.05, 0) is 0 Å². The molecule has 0 atom stereocenters. The summed E-state index contributed by atoms with van der Waals surface area (Å²) in [5.41, 5.74) is 0. The minimum Gasteiger partial charge on any atom is -0.480 e. The molecule has 0 rings (SSSR count). The Balaban J connectivity index is -0.00000180. The number of hydrogen-bond donors (Lipinski definition) is 4. The van der Waals surface area contributed by atoms with Gasteiger partial charge in [-0.15, -0.1) is 0 Å². The molecule has 0 unspecified atom stereocenters. The van der Waals surface area contributed by atoms with Crippen LogP contribution < -0.4 is 59.1 Å². The average molecular weight is 338 g/mol. The molecule has 0 aliphatic heterocycles. The Hall–Kier alpha value is -0.200. The van der Waals surface area contributed by atoms with E-state index in [1.807, 2.05) is 0 Å². The Morgan fingerprint density at radius 2 is 0.727 bits per heavy atom. The zero-order chi connectivity index (χ0) is 15.7. The standard InChI is InChI=1S/C10H16N2O8.2Na/c13-7(14)3-11(4-8(15)16)1-2-12(5-9(17)18)6-10(19)20;;/h1-6H2,(H,13,14)(H,15,16)(H,17,18)(H,19,20);;/q;2*+1. The van der Waals surface area contributed by atoms with Crippen molar-refractivity contribution in [2.75, 3.05) is 39.3 Å². The van der Waals surface area contributed by atoms with Gasteiger partial charge in [0.25, 0.3) is 0 Å². The number of carbonyl (C=O) groups is 4. The van der Waals surface area contributed by atoms with Crippen molar-refractivity contribution in [2.45, 2.75) is 0 Å². The maximum absolute atomic E-state index is 10.6. The zero-order valence-electron chi connectivity index (χ0n) is 12.6. The first-order valence-electron chi connectivity index (χ1n) is 5.52. The van der Waals surface area contributed by atoms with E-state index in [2.05, 4.69) is 0 Å². The van der Waals surface area contributed by atoms with Gasteiger partial charge in [-0.2, -0.15) is 0 Å². The zero-order valence-corrected chi connectivity index (χ0v) is 16.6. The first-order valence-corrected chi connectivity index (χ1v) is 5.52. The van der Waals surface area contributed by atoms with Crippen molar-refractivity contribution in [3.63, 3.8) is 0 Å². The maximum atomic E-state index is 10.6. The minimum absolute atomic E-state index is 0. The van der Waals surface area contributed by atoms with Crippen molar-refractivity contribution in [1.29, 1.82) is 0 Å². The molecule has 12 heteroatoms. The molecule has 0 radical (unpaired) electrons. The van der Waals surface area contributed by atoms with Crippen LogP contribution in [0.5, 0.6) is 0 Å². The summed E-state index contributed by atoms with van der Waals surface area (Å²) in [4.78, 5) is 44.4. The van der Waals surface area contributed by atoms with E-state index in [0.29, 0.717) is 0 Å². The molecule has 0 aliphatic rings. The average Bonchev–Trinajstić information content (AvgIpc) is 2.22. The maximum Gasteiger partial charge on any atom is 1.00 e. The largest absolute Gasteiger partial charge is 1.00 e. The van der Waals surface area contributed by atoms with Crippen LogP contribution in [0.1, 0.15) is 0 Å². The van der Waals surface area contributed by atoms with Gasteiger partial charge in [0.05, 0.1) is 26.2 Å². The van der Waals surface area contributed by atoms with Gasteiger partial charge in [0, 0.05) is 13.1 Å². The molecule has 10 nitrogen and oxygen atoms in total. The molecule has 114 valence electrons. The summed E-state index contributed by atoms with van der Waals surface area (Å²) in [6.45, 7) is -2.25. The molecule has 0 spiro atoms. The molecule has 0 fully saturated rings. The molecule has 0 heterocycles. The van der Waals surface area contributed by atoms with E-state index >= 15 is 0 Å². The molecule has 0 aromatic carbocycles. The molecular formula is C10H16N2Na2O8+2. The molecule has 0 aliphatic carbocycles. The van der Waals surface area contributed by atoms with Gasteiger partial charge in [0.15, 0.2) is 0 Å². The van der Waals surface area contributed by atoms with Crippen LogP contribution >= 0.6 is 0 Å². The fourth-order valence-electron chi connectivity index (χ4n) is 1.48. The molecule has 0 aromatic heterocycles. The van der Waals surface area contributed by atoms with Crippen LogP contribution in [0.25, 0.3) is 0 Å². The molecule has 0 amide bonds. The van der Waals surface area contributed by atoms with E-state index in [-0.39, 0.29) is 72.2 Å². The number of aliphatic carboxylic acids is 4. The van der Waals surface area contributed by atoms with Crippen LogP contribution in [0.4, 0.5) is 0 Å². The van der Waals surface area contributed by atoms with Crippen LogP contribution in [0, 0.1) is 0 Å². The van der Waals surface area contributed by atoms with Gasteiger partial charge in [0.1, 0.15) is 0 Å². The summed E-state index contributed by atoms with van der Waals surface area (Å²) in [5, 5.41) is 34.5. The van der Waals surface area contributed by atoms with Crippen molar-refractivity contribution in [3.8, 4) is 0 Å². The van der Waals surface area contributed by atoms with E-state index in [1.165, 1.54) is 0 Å². The Bertz CT molecular complexity index is 325. The van der Waals surface area contributed by atoms with Gasteiger partial charge < -0.3 is 20.4 Å². The molecule has 4 N–H and O–H groups in total. The third-order valence-corrected chi connectivity index (χ3v) is 2.17. The van der Waals surface area contributed by atoms with E-state index in [9.17, 15) is 19.2 Å².